The molecule has 13 nitrogen and oxygen atoms in total. The third kappa shape index (κ3) is 8.47. The van der Waals surface area contributed by atoms with Crippen molar-refractivity contribution in [3.63, 3.8) is 0 Å². The first-order chi connectivity index (χ1) is 11.5. The number of hydrazine groups is 1. The predicted octanol–water partition coefficient (Wildman–Crippen LogP) is -4.14. The van der Waals surface area contributed by atoms with Crippen LogP contribution in [0.2, 0.25) is 0 Å². The van der Waals surface area contributed by atoms with Crippen LogP contribution in [0.1, 0.15) is 20.3 Å². The minimum atomic E-state index is -1.48. The first-order valence-corrected chi connectivity index (χ1v) is 7.07. The van der Waals surface area contributed by atoms with E-state index < -0.39 is 60.4 Å². The zero-order valence-corrected chi connectivity index (χ0v) is 13.6. The molecule has 0 aromatic heterocycles. The van der Waals surface area contributed by atoms with Crippen LogP contribution in [-0.4, -0.2) is 64.2 Å². The van der Waals surface area contributed by atoms with Crippen molar-refractivity contribution in [1.82, 2.24) is 21.5 Å². The van der Waals surface area contributed by atoms with Gasteiger partial charge in [-0.25, -0.2) is 4.79 Å². The molecule has 0 bridgehead atoms. The fraction of sp³-hybridized carbons (Fsp3) is 0.583. The summed E-state index contributed by atoms with van der Waals surface area (Å²) in [6, 6.07) is -5.09. The van der Waals surface area contributed by atoms with E-state index in [0.717, 1.165) is 0 Å². The fourth-order valence-electron chi connectivity index (χ4n) is 1.38. The van der Waals surface area contributed by atoms with E-state index in [4.69, 9.17) is 21.7 Å². The molecule has 5 amide bonds. The molecule has 0 aliphatic carbocycles. The lowest BCUT2D eigenvalue weighted by atomic mass is 10.2. The predicted molar refractivity (Wildman–Crippen MR) is 82.3 cm³/mol. The average Bonchev–Trinajstić information content (AvgIpc) is 2.49. The zero-order chi connectivity index (χ0) is 19.7. The molecule has 0 rings (SSSR count). The minimum absolute atomic E-state index is 0.612. The maximum absolute atomic E-state index is 11.9. The maximum atomic E-state index is 11.9. The first-order valence-electron chi connectivity index (χ1n) is 7.07. The van der Waals surface area contributed by atoms with Crippen LogP contribution in [-0.2, 0) is 19.2 Å². The highest BCUT2D eigenvalue weighted by atomic mass is 16.4. The number of urea groups is 1. The fourth-order valence-corrected chi connectivity index (χ4v) is 1.38. The summed E-state index contributed by atoms with van der Waals surface area (Å²) in [5.74, 6) is -4.17. The number of nitrogens with one attached hydrogen (secondary N) is 4. The Bertz CT molecular complexity index is 538. The number of aliphatic hydroxyl groups is 1. The number of hydrogen-bond acceptors (Lipinski definition) is 7. The summed E-state index contributed by atoms with van der Waals surface area (Å²) in [6.07, 6.45) is -1.79. The summed E-state index contributed by atoms with van der Waals surface area (Å²) < 4.78 is 0. The summed E-state index contributed by atoms with van der Waals surface area (Å²) in [5, 5.41) is 21.9. The van der Waals surface area contributed by atoms with Crippen molar-refractivity contribution in [3.8, 4) is 0 Å². The van der Waals surface area contributed by atoms with Crippen LogP contribution in [0, 0.1) is 0 Å². The van der Waals surface area contributed by atoms with Gasteiger partial charge in [-0.3, -0.25) is 30.0 Å². The normalized spacial score (nSPS) is 15.0. The average molecular weight is 362 g/mol. The van der Waals surface area contributed by atoms with Gasteiger partial charge in [-0.15, -0.1) is 0 Å². The molecular weight excluding hydrogens is 340 g/mol. The number of carbonyl (C=O) groups excluding carboxylic acids is 4. The van der Waals surface area contributed by atoms with Crippen molar-refractivity contribution >= 4 is 29.7 Å². The monoisotopic (exact) mass is 362 g/mol. The lowest BCUT2D eigenvalue weighted by Gasteiger charge is -2.20. The third-order valence-corrected chi connectivity index (χ3v) is 2.88. The number of carboxylic acid groups (broad SMARTS) is 1. The van der Waals surface area contributed by atoms with Crippen LogP contribution in [0.4, 0.5) is 4.79 Å². The van der Waals surface area contributed by atoms with E-state index in [1.54, 1.807) is 0 Å². The van der Waals surface area contributed by atoms with Crippen molar-refractivity contribution in [2.24, 2.45) is 11.5 Å². The summed E-state index contributed by atoms with van der Waals surface area (Å²) in [4.78, 5) is 56.7. The molecule has 0 heterocycles. The number of carbonyl (C=O) groups is 5. The summed E-state index contributed by atoms with van der Waals surface area (Å²) in [6.45, 7) is 2.44. The second-order valence-corrected chi connectivity index (χ2v) is 5.15. The highest BCUT2D eigenvalue weighted by Crippen LogP contribution is 1.93. The molecule has 0 fully saturated rings. The minimum Gasteiger partial charge on any atom is -0.480 e. The first kappa shape index (κ1) is 22.1. The Morgan fingerprint density at radius 2 is 1.52 bits per heavy atom. The van der Waals surface area contributed by atoms with E-state index in [1.807, 2.05) is 16.2 Å². The van der Waals surface area contributed by atoms with Crippen molar-refractivity contribution in [1.29, 1.82) is 0 Å². The molecule has 0 spiro atoms. The number of aliphatic carboxylic acids is 1. The second kappa shape index (κ2) is 10.0. The van der Waals surface area contributed by atoms with E-state index >= 15 is 0 Å². The second-order valence-electron chi connectivity index (χ2n) is 5.15. The van der Waals surface area contributed by atoms with Crippen LogP contribution in [0.3, 0.4) is 0 Å². The molecule has 0 saturated carbocycles. The molecule has 0 aromatic rings. The number of primary amides is 1. The molecule has 13 heteroatoms. The highest BCUT2D eigenvalue weighted by molar-refractivity contribution is 5.93. The van der Waals surface area contributed by atoms with Crippen LogP contribution >= 0.6 is 0 Å². The number of aliphatic hydroxyl groups excluding tert-OH is 1. The number of hydrogen-bond donors (Lipinski definition) is 8. The van der Waals surface area contributed by atoms with E-state index in [0.29, 0.717) is 0 Å². The number of nitrogens with two attached hydrogens (primary N) is 2. The molecule has 142 valence electrons. The van der Waals surface area contributed by atoms with Crippen molar-refractivity contribution in [2.45, 2.75) is 44.5 Å². The van der Waals surface area contributed by atoms with Gasteiger partial charge in [0.1, 0.15) is 18.1 Å². The van der Waals surface area contributed by atoms with E-state index in [1.165, 1.54) is 13.8 Å². The Morgan fingerprint density at radius 3 is 1.96 bits per heavy atom. The van der Waals surface area contributed by atoms with Gasteiger partial charge in [0.05, 0.1) is 12.5 Å². The Morgan fingerprint density at radius 1 is 1.00 bits per heavy atom. The van der Waals surface area contributed by atoms with Crippen molar-refractivity contribution < 1.29 is 34.2 Å². The third-order valence-electron chi connectivity index (χ3n) is 2.88. The molecule has 0 saturated heterocycles. The Balaban J connectivity index is 4.77. The highest BCUT2D eigenvalue weighted by Gasteiger charge is 2.26. The summed E-state index contributed by atoms with van der Waals surface area (Å²) in [5.41, 5.74) is 14.1. The molecule has 0 aliphatic rings. The van der Waals surface area contributed by atoms with E-state index in [-0.39, 0.29) is 0 Å². The van der Waals surface area contributed by atoms with E-state index in [2.05, 4.69) is 5.32 Å². The summed E-state index contributed by atoms with van der Waals surface area (Å²) in [7, 11) is 0. The van der Waals surface area contributed by atoms with Crippen molar-refractivity contribution in [3.05, 3.63) is 0 Å². The molecule has 25 heavy (non-hydrogen) atoms. The van der Waals surface area contributed by atoms with Gasteiger partial charge in [0, 0.05) is 0 Å². The molecule has 0 aromatic carbocycles. The van der Waals surface area contributed by atoms with Crippen LogP contribution in [0.25, 0.3) is 0 Å². The number of rotatable bonds is 8. The van der Waals surface area contributed by atoms with Gasteiger partial charge in [-0.2, -0.15) is 0 Å². The van der Waals surface area contributed by atoms with Gasteiger partial charge < -0.3 is 32.3 Å². The van der Waals surface area contributed by atoms with Crippen LogP contribution < -0.4 is 33.0 Å². The quantitative estimate of drug-likeness (QED) is 0.197. The molecular formula is C12H22N6O7. The lowest BCUT2D eigenvalue weighted by molar-refractivity contribution is -0.138. The maximum Gasteiger partial charge on any atom is 0.325 e. The van der Waals surface area contributed by atoms with Gasteiger partial charge in [0.2, 0.25) is 5.91 Å². The van der Waals surface area contributed by atoms with Gasteiger partial charge in [-0.05, 0) is 13.8 Å². The number of carboxylic acids is 1. The zero-order valence-electron chi connectivity index (χ0n) is 13.6. The molecule has 4 unspecified atom stereocenters. The topological polar surface area (TPSA) is 226 Å². The molecule has 4 atom stereocenters. The number of amides is 5. The standard InChI is InChI=1S/C12H22N6O7/c1-4(11(23)24)15-12(25)16-6(3-7(13)20)9(21)17-18-10(22)8(14)5(2)19/h4-6,8,19H,3,14H2,1-2H3,(H2,13,20)(H,17,21)(H,18,22)(H,23,24)(H2,15,16,25). The summed E-state index contributed by atoms with van der Waals surface area (Å²) >= 11 is 0. The van der Waals surface area contributed by atoms with Crippen LogP contribution in [0.5, 0.6) is 0 Å². The van der Waals surface area contributed by atoms with E-state index in [9.17, 15) is 24.0 Å². The smallest absolute Gasteiger partial charge is 0.325 e. The van der Waals surface area contributed by atoms with Gasteiger partial charge in [0.15, 0.2) is 0 Å². The Kier molecular flexibility index (Phi) is 8.87. The Hall–Kier alpha value is -2.93. The van der Waals surface area contributed by atoms with Gasteiger partial charge >= 0.3 is 12.0 Å². The SMILES string of the molecule is CC(NC(=O)NC(CC(N)=O)C(=O)NNC(=O)C(N)C(C)O)C(=O)O. The van der Waals surface area contributed by atoms with Crippen molar-refractivity contribution in [2.75, 3.05) is 0 Å². The van der Waals surface area contributed by atoms with Gasteiger partial charge in [0.25, 0.3) is 11.8 Å². The lowest BCUT2D eigenvalue weighted by Crippen LogP contribution is -2.59. The molecule has 0 radical (unpaired) electrons. The Labute approximate surface area is 142 Å². The molecule has 10 N–H and O–H groups in total. The largest absolute Gasteiger partial charge is 0.480 e. The molecule has 0 aliphatic heterocycles. The van der Waals surface area contributed by atoms with Crippen LogP contribution in [0.15, 0.2) is 0 Å². The van der Waals surface area contributed by atoms with Gasteiger partial charge in [-0.1, -0.05) is 0 Å².